The van der Waals surface area contributed by atoms with Crippen LogP contribution in [-0.2, 0) is 6.42 Å². The molecule has 1 nitrogen and oxygen atoms in total. The highest BCUT2D eigenvalue weighted by Crippen LogP contribution is 2.46. The number of hydrogen-bond donors (Lipinski definition) is 0. The van der Waals surface area contributed by atoms with E-state index in [-0.39, 0.29) is 5.92 Å². The molecule has 1 aliphatic rings. The van der Waals surface area contributed by atoms with Gasteiger partial charge in [0.25, 0.3) is 0 Å². The number of nitrogens with zero attached hydrogens (tertiary/aromatic N) is 1. The van der Waals surface area contributed by atoms with Crippen molar-refractivity contribution in [3.63, 3.8) is 0 Å². The first-order valence-electron chi connectivity index (χ1n) is 22.2. The molecule has 1 heterocycles. The Morgan fingerprint density at radius 2 is 0.778 bits per heavy atom. The lowest BCUT2D eigenvalue weighted by Gasteiger charge is -2.29. The molecule has 0 fully saturated rings. The number of benzene rings is 12. The van der Waals surface area contributed by atoms with Gasteiger partial charge in [0.2, 0.25) is 0 Å². The van der Waals surface area contributed by atoms with Gasteiger partial charge in [-0.05, 0) is 152 Å². The van der Waals surface area contributed by atoms with E-state index in [1.165, 1.54) is 131 Å². The second-order valence-electron chi connectivity index (χ2n) is 17.5. The zero-order chi connectivity index (χ0) is 41.2. The van der Waals surface area contributed by atoms with Crippen LogP contribution in [0.2, 0.25) is 0 Å². The van der Waals surface area contributed by atoms with Crippen LogP contribution in [0.25, 0.3) is 114 Å². The molecule has 1 atom stereocenters. The molecular weight excluding hydrogens is 759 g/mol. The molecule has 0 bridgehead atoms. The van der Waals surface area contributed by atoms with Crippen molar-refractivity contribution in [3.05, 3.63) is 235 Å². The Labute approximate surface area is 364 Å². The van der Waals surface area contributed by atoms with E-state index in [9.17, 15) is 0 Å². The van der Waals surface area contributed by atoms with E-state index in [2.05, 4.69) is 223 Å². The molecule has 0 radical (unpaired) electrons. The SMILES string of the molecule is c1ccc2c(c1)-c1cc(-c3ccc4c(c3)c3ccccc3n4-c3ccc4c5ccccc5c5ccccc5c4c3)ccc1C[C@@H]2c1ccc2c3ccccc3c3ccccc3c2c1. The van der Waals surface area contributed by atoms with Crippen molar-refractivity contribution in [1.82, 2.24) is 4.57 Å². The molecule has 14 rings (SSSR count). The minimum Gasteiger partial charge on any atom is -0.309 e. The predicted molar refractivity (Wildman–Crippen MR) is 269 cm³/mol. The number of aromatic nitrogens is 1. The van der Waals surface area contributed by atoms with Gasteiger partial charge in [0.05, 0.1) is 11.0 Å². The molecule has 1 aromatic heterocycles. The fourth-order valence-corrected chi connectivity index (χ4v) is 11.5. The molecule has 0 saturated heterocycles. The third kappa shape index (κ3) is 5.05. The lowest BCUT2D eigenvalue weighted by molar-refractivity contribution is 0.795. The summed E-state index contributed by atoms with van der Waals surface area (Å²) in [7, 11) is 0. The van der Waals surface area contributed by atoms with Gasteiger partial charge < -0.3 is 4.57 Å². The first kappa shape index (κ1) is 34.7. The van der Waals surface area contributed by atoms with Gasteiger partial charge in [0.1, 0.15) is 0 Å². The van der Waals surface area contributed by atoms with E-state index >= 15 is 0 Å². The lowest BCUT2D eigenvalue weighted by Crippen LogP contribution is -2.12. The summed E-state index contributed by atoms with van der Waals surface area (Å²) in [4.78, 5) is 0. The Kier molecular flexibility index (Phi) is 7.29. The van der Waals surface area contributed by atoms with Gasteiger partial charge in [-0.3, -0.25) is 0 Å². The first-order chi connectivity index (χ1) is 31.2. The summed E-state index contributed by atoms with van der Waals surface area (Å²) in [5.74, 6) is 0.267. The minimum absolute atomic E-state index is 0.267. The third-order valence-corrected chi connectivity index (χ3v) is 14.3. The summed E-state index contributed by atoms with van der Waals surface area (Å²) in [6, 6.07) is 82.0. The molecular formula is C62H39N. The molecule has 292 valence electrons. The average molecular weight is 798 g/mol. The van der Waals surface area contributed by atoms with Crippen molar-refractivity contribution < 1.29 is 0 Å². The number of fused-ring (bicyclic) bond motifs is 18. The molecule has 0 spiro atoms. The molecule has 0 unspecified atom stereocenters. The molecule has 1 heteroatoms. The zero-order valence-electron chi connectivity index (χ0n) is 34.5. The van der Waals surface area contributed by atoms with Crippen molar-refractivity contribution >= 4 is 86.4 Å². The van der Waals surface area contributed by atoms with Crippen LogP contribution in [0, 0.1) is 0 Å². The van der Waals surface area contributed by atoms with E-state index in [1.54, 1.807) is 0 Å². The minimum atomic E-state index is 0.267. The maximum absolute atomic E-state index is 2.48. The zero-order valence-corrected chi connectivity index (χ0v) is 34.5. The number of para-hydroxylation sites is 1. The Bertz CT molecular complexity index is 4000. The third-order valence-electron chi connectivity index (χ3n) is 14.3. The van der Waals surface area contributed by atoms with E-state index in [1.807, 2.05) is 0 Å². The second kappa shape index (κ2) is 13.2. The van der Waals surface area contributed by atoms with Crippen molar-refractivity contribution in [2.45, 2.75) is 12.3 Å². The Morgan fingerprint density at radius 3 is 1.43 bits per heavy atom. The summed E-state index contributed by atoms with van der Waals surface area (Å²) in [5.41, 5.74) is 12.9. The molecule has 0 saturated carbocycles. The highest BCUT2D eigenvalue weighted by Gasteiger charge is 2.27. The average Bonchev–Trinajstić information content (AvgIpc) is 3.69. The van der Waals surface area contributed by atoms with Crippen molar-refractivity contribution in [2.75, 3.05) is 0 Å². The van der Waals surface area contributed by atoms with Gasteiger partial charge in [-0.1, -0.05) is 176 Å². The van der Waals surface area contributed by atoms with Crippen molar-refractivity contribution in [1.29, 1.82) is 0 Å². The van der Waals surface area contributed by atoms with Gasteiger partial charge in [-0.15, -0.1) is 0 Å². The van der Waals surface area contributed by atoms with Gasteiger partial charge >= 0.3 is 0 Å². The maximum atomic E-state index is 2.48. The van der Waals surface area contributed by atoms with Crippen LogP contribution in [0.3, 0.4) is 0 Å². The largest absolute Gasteiger partial charge is 0.309 e. The van der Waals surface area contributed by atoms with Crippen LogP contribution in [0.5, 0.6) is 0 Å². The highest BCUT2D eigenvalue weighted by atomic mass is 15.0. The van der Waals surface area contributed by atoms with E-state index in [0.29, 0.717) is 0 Å². The molecule has 1 aliphatic carbocycles. The fraction of sp³-hybridized carbons (Fsp3) is 0.0323. The number of rotatable bonds is 3. The van der Waals surface area contributed by atoms with Crippen LogP contribution >= 0.6 is 0 Å². The molecule has 0 N–H and O–H groups in total. The quantitative estimate of drug-likeness (QED) is 0.157. The predicted octanol–water partition coefficient (Wildman–Crippen LogP) is 16.7. The van der Waals surface area contributed by atoms with Gasteiger partial charge in [-0.25, -0.2) is 0 Å². The van der Waals surface area contributed by atoms with Gasteiger partial charge in [-0.2, -0.15) is 0 Å². The summed E-state index contributed by atoms with van der Waals surface area (Å²) in [6.07, 6.45) is 0.965. The summed E-state index contributed by atoms with van der Waals surface area (Å²) in [6.45, 7) is 0. The monoisotopic (exact) mass is 797 g/mol. The van der Waals surface area contributed by atoms with Crippen LogP contribution in [0.4, 0.5) is 0 Å². The summed E-state index contributed by atoms with van der Waals surface area (Å²) >= 11 is 0. The normalized spacial score (nSPS) is 13.8. The second-order valence-corrected chi connectivity index (χ2v) is 17.5. The highest BCUT2D eigenvalue weighted by molar-refractivity contribution is 6.27. The topological polar surface area (TPSA) is 4.93 Å². The van der Waals surface area contributed by atoms with E-state index in [4.69, 9.17) is 0 Å². The van der Waals surface area contributed by atoms with E-state index in [0.717, 1.165) is 6.42 Å². The van der Waals surface area contributed by atoms with Crippen molar-refractivity contribution in [2.24, 2.45) is 0 Å². The Balaban J connectivity index is 0.883. The smallest absolute Gasteiger partial charge is 0.0541 e. The van der Waals surface area contributed by atoms with E-state index < -0.39 is 0 Å². The summed E-state index contributed by atoms with van der Waals surface area (Å²) in [5, 5.41) is 18.2. The first-order valence-corrected chi connectivity index (χ1v) is 22.2. The molecule has 0 amide bonds. The number of hydrogen-bond acceptors (Lipinski definition) is 0. The Morgan fingerprint density at radius 1 is 0.302 bits per heavy atom. The van der Waals surface area contributed by atoms with Crippen LogP contribution in [0.1, 0.15) is 22.6 Å². The van der Waals surface area contributed by atoms with Gasteiger partial charge in [0.15, 0.2) is 0 Å². The van der Waals surface area contributed by atoms with Crippen LogP contribution in [-0.4, -0.2) is 4.57 Å². The van der Waals surface area contributed by atoms with Crippen LogP contribution < -0.4 is 0 Å². The molecule has 63 heavy (non-hydrogen) atoms. The van der Waals surface area contributed by atoms with Gasteiger partial charge in [0, 0.05) is 22.4 Å². The summed E-state index contributed by atoms with van der Waals surface area (Å²) < 4.78 is 2.46. The Hall–Kier alpha value is -8.00. The fourth-order valence-electron chi connectivity index (χ4n) is 11.5. The molecule has 12 aromatic carbocycles. The lowest BCUT2D eigenvalue weighted by atomic mass is 9.74. The maximum Gasteiger partial charge on any atom is 0.0541 e. The van der Waals surface area contributed by atoms with Crippen LogP contribution in [0.15, 0.2) is 218 Å². The standard InChI is InChI=1S/C62H39N/c1-3-17-47-43(13-1)45-15-5-9-21-51(45)58-36-41(27-30-53(47)58)57-35-40-26-25-38(33-56(40)49-19-7-8-20-50(49)57)39-28-32-62-60(34-39)55-23-11-12-24-61(55)63(62)42-29-31-54-48-18-4-2-14-44(48)46-16-6-10-22-52(46)59(54)37-42/h1-34,36-37,57H,35H2/t57-/m1/s1. The molecule has 13 aromatic rings. The molecule has 0 aliphatic heterocycles. The van der Waals surface area contributed by atoms with Crippen molar-refractivity contribution in [3.8, 4) is 27.9 Å².